The van der Waals surface area contributed by atoms with Crippen molar-refractivity contribution in [2.75, 3.05) is 13.2 Å². The van der Waals surface area contributed by atoms with Gasteiger partial charge < -0.3 is 42.5 Å². The van der Waals surface area contributed by atoms with Gasteiger partial charge >= 0.3 is 5.97 Å². The van der Waals surface area contributed by atoms with Crippen molar-refractivity contribution in [3.63, 3.8) is 0 Å². The Morgan fingerprint density at radius 1 is 1.16 bits per heavy atom. The minimum atomic E-state index is -2.07. The molecule has 0 radical (unpaired) electrons. The molecule has 0 bridgehead atoms. The minimum Gasteiger partial charge on any atom is -0.458 e. The number of carbonyl (C=O) groups is 4. The van der Waals surface area contributed by atoms with E-state index in [2.05, 4.69) is 15.6 Å². The average molecular weight is 459 g/mol. The van der Waals surface area contributed by atoms with Crippen molar-refractivity contribution in [2.45, 2.75) is 77.1 Å². The number of rotatable bonds is 13. The van der Waals surface area contributed by atoms with Crippen LogP contribution in [0.5, 0.6) is 0 Å². The number of nitrogens with one attached hydrogen (secondary N) is 2. The van der Waals surface area contributed by atoms with Crippen LogP contribution in [-0.4, -0.2) is 71.5 Å². The monoisotopic (exact) mass is 458 g/mol. The number of aliphatic hydroxyl groups excluding tert-OH is 1. The van der Waals surface area contributed by atoms with Gasteiger partial charge in [0.15, 0.2) is 11.5 Å². The Kier molecular flexibility index (Phi) is 11.9. The van der Waals surface area contributed by atoms with Gasteiger partial charge in [0, 0.05) is 6.54 Å². The van der Waals surface area contributed by atoms with Crippen LogP contribution in [0, 0.1) is 5.92 Å². The molecule has 0 aliphatic carbocycles. The number of guanidine groups is 1. The fraction of sp³-hybridized carbons (Fsp3) is 0.750. The molecule has 12 heteroatoms. The molecule has 3 atom stereocenters. The highest BCUT2D eigenvalue weighted by molar-refractivity contribution is 6.08. The number of carbonyl (C=O) groups excluding carboxylic acids is 4. The van der Waals surface area contributed by atoms with Crippen molar-refractivity contribution in [1.82, 2.24) is 10.6 Å². The molecule has 32 heavy (non-hydrogen) atoms. The molecule has 0 heterocycles. The Balaban J connectivity index is 5.30. The van der Waals surface area contributed by atoms with Gasteiger partial charge in [0.2, 0.25) is 5.91 Å². The Labute approximate surface area is 188 Å². The lowest BCUT2D eigenvalue weighted by atomic mass is 9.88. The molecule has 0 rings (SSSR count). The standard InChI is InChI=1S/C20H38N6O6/c1-12(2)9-20(23,17(31)32-19(3,4)5)16(30)26-14(11-28)15(29)25-13(10-27)7-6-8-24-18(21)22/h10,12-14,28H,6-9,11,23H2,1-5H3,(H,25,29)(H,26,30)(H4,21,22,24)/t13-,14-,20+/m0/s1. The van der Waals surface area contributed by atoms with E-state index < -0.39 is 47.6 Å². The fourth-order valence-corrected chi connectivity index (χ4v) is 2.74. The molecule has 0 saturated carbocycles. The number of aldehydes is 1. The molecule has 0 saturated heterocycles. The Morgan fingerprint density at radius 3 is 2.19 bits per heavy atom. The van der Waals surface area contributed by atoms with Gasteiger partial charge in [-0.1, -0.05) is 13.8 Å². The third-order valence-corrected chi connectivity index (χ3v) is 4.16. The van der Waals surface area contributed by atoms with Crippen LogP contribution < -0.4 is 27.8 Å². The van der Waals surface area contributed by atoms with Crippen molar-refractivity contribution in [3.05, 3.63) is 0 Å². The van der Waals surface area contributed by atoms with Gasteiger partial charge in [-0.3, -0.25) is 14.6 Å². The Bertz CT molecular complexity index is 687. The maximum Gasteiger partial charge on any atom is 0.336 e. The minimum absolute atomic E-state index is 0.0464. The number of amides is 2. The smallest absolute Gasteiger partial charge is 0.336 e. The second-order valence-corrected chi connectivity index (χ2v) is 8.98. The summed E-state index contributed by atoms with van der Waals surface area (Å²) in [5.74, 6) is -2.96. The molecule has 0 aliphatic rings. The lowest BCUT2D eigenvalue weighted by molar-refractivity contribution is -0.165. The van der Waals surface area contributed by atoms with Crippen LogP contribution in [-0.2, 0) is 23.9 Å². The molecule has 12 nitrogen and oxygen atoms in total. The number of hydrogen-bond acceptors (Lipinski definition) is 8. The topological polar surface area (TPSA) is 212 Å². The fourth-order valence-electron chi connectivity index (χ4n) is 2.74. The number of nitrogens with two attached hydrogens (primary N) is 3. The maximum atomic E-state index is 12.9. The normalized spacial score (nSPS) is 15.1. The first-order chi connectivity index (χ1) is 14.7. The van der Waals surface area contributed by atoms with E-state index in [9.17, 15) is 24.3 Å². The van der Waals surface area contributed by atoms with E-state index >= 15 is 0 Å². The summed E-state index contributed by atoms with van der Waals surface area (Å²) >= 11 is 0. The van der Waals surface area contributed by atoms with Crippen LogP contribution in [0.4, 0.5) is 0 Å². The van der Waals surface area contributed by atoms with Crippen LogP contribution in [0.25, 0.3) is 0 Å². The SMILES string of the molecule is CC(C)C[C@@](N)(C(=O)N[C@@H](CO)C(=O)N[C@H](C=O)CCCN=C(N)N)C(=O)OC(C)(C)C. The van der Waals surface area contributed by atoms with Gasteiger partial charge in [-0.2, -0.15) is 0 Å². The first kappa shape index (κ1) is 29.3. The molecule has 0 aromatic rings. The zero-order valence-corrected chi connectivity index (χ0v) is 19.5. The summed E-state index contributed by atoms with van der Waals surface area (Å²) in [7, 11) is 0. The van der Waals surface area contributed by atoms with E-state index in [0.29, 0.717) is 12.7 Å². The molecule has 0 aromatic carbocycles. The van der Waals surface area contributed by atoms with Gasteiger partial charge in [0.25, 0.3) is 5.91 Å². The van der Waals surface area contributed by atoms with Crippen LogP contribution >= 0.6 is 0 Å². The molecule has 9 N–H and O–H groups in total. The van der Waals surface area contributed by atoms with Crippen LogP contribution in [0.15, 0.2) is 4.99 Å². The van der Waals surface area contributed by atoms with Crippen molar-refractivity contribution >= 4 is 30.0 Å². The quantitative estimate of drug-likeness (QED) is 0.0462. The highest BCUT2D eigenvalue weighted by atomic mass is 16.6. The maximum absolute atomic E-state index is 12.9. The molecule has 184 valence electrons. The molecule has 0 fully saturated rings. The molecule has 0 aromatic heterocycles. The van der Waals surface area contributed by atoms with Crippen molar-refractivity contribution in [1.29, 1.82) is 0 Å². The largest absolute Gasteiger partial charge is 0.458 e. The van der Waals surface area contributed by atoms with E-state index in [1.54, 1.807) is 34.6 Å². The number of hydrogen-bond donors (Lipinski definition) is 6. The number of ether oxygens (including phenoxy) is 1. The third-order valence-electron chi connectivity index (χ3n) is 4.16. The van der Waals surface area contributed by atoms with E-state index in [1.165, 1.54) is 0 Å². The summed E-state index contributed by atoms with van der Waals surface area (Å²) in [5, 5.41) is 14.3. The zero-order valence-electron chi connectivity index (χ0n) is 19.5. The number of aliphatic hydroxyl groups is 1. The Hall–Kier alpha value is -2.73. The van der Waals surface area contributed by atoms with Gasteiger partial charge in [-0.05, 0) is 46.0 Å². The van der Waals surface area contributed by atoms with E-state index in [-0.39, 0.29) is 31.3 Å². The molecule has 0 spiro atoms. The predicted octanol–water partition coefficient (Wildman–Crippen LogP) is -1.71. The van der Waals surface area contributed by atoms with Crippen molar-refractivity contribution in [3.8, 4) is 0 Å². The molecular weight excluding hydrogens is 420 g/mol. The molecular formula is C20H38N6O6. The van der Waals surface area contributed by atoms with Crippen LogP contribution in [0.1, 0.15) is 53.9 Å². The predicted molar refractivity (Wildman–Crippen MR) is 119 cm³/mol. The van der Waals surface area contributed by atoms with Crippen molar-refractivity contribution < 1.29 is 29.0 Å². The number of aliphatic imine (C=N–C) groups is 1. The number of esters is 1. The second kappa shape index (κ2) is 13.0. The zero-order chi connectivity index (χ0) is 25.1. The molecule has 0 unspecified atom stereocenters. The van der Waals surface area contributed by atoms with Gasteiger partial charge in [-0.15, -0.1) is 0 Å². The molecule has 2 amide bonds. The van der Waals surface area contributed by atoms with E-state index in [0.717, 1.165) is 0 Å². The lowest BCUT2D eigenvalue weighted by Gasteiger charge is -2.32. The highest BCUT2D eigenvalue weighted by Crippen LogP contribution is 2.20. The Morgan fingerprint density at radius 2 is 1.75 bits per heavy atom. The number of nitrogens with zero attached hydrogens (tertiary/aromatic N) is 1. The average Bonchev–Trinajstić information content (AvgIpc) is 2.65. The van der Waals surface area contributed by atoms with Gasteiger partial charge in [0.05, 0.1) is 12.6 Å². The highest BCUT2D eigenvalue weighted by Gasteiger charge is 2.46. The first-order valence-electron chi connectivity index (χ1n) is 10.4. The summed E-state index contributed by atoms with van der Waals surface area (Å²) in [6.45, 7) is 7.94. The molecule has 0 aliphatic heterocycles. The lowest BCUT2D eigenvalue weighted by Crippen LogP contribution is -2.65. The third kappa shape index (κ3) is 10.5. The summed E-state index contributed by atoms with van der Waals surface area (Å²) < 4.78 is 5.29. The van der Waals surface area contributed by atoms with Crippen LogP contribution in [0.2, 0.25) is 0 Å². The van der Waals surface area contributed by atoms with E-state index in [1.807, 2.05) is 0 Å². The first-order valence-corrected chi connectivity index (χ1v) is 10.4. The summed E-state index contributed by atoms with van der Waals surface area (Å²) in [5.41, 5.74) is 13.6. The summed E-state index contributed by atoms with van der Waals surface area (Å²) in [6.07, 6.45) is 1.13. The van der Waals surface area contributed by atoms with Gasteiger partial charge in [-0.25, -0.2) is 4.79 Å². The van der Waals surface area contributed by atoms with E-state index in [4.69, 9.17) is 21.9 Å². The van der Waals surface area contributed by atoms with Gasteiger partial charge in [0.1, 0.15) is 17.9 Å². The van der Waals surface area contributed by atoms with Crippen LogP contribution in [0.3, 0.4) is 0 Å². The summed E-state index contributed by atoms with van der Waals surface area (Å²) in [4.78, 5) is 53.1. The summed E-state index contributed by atoms with van der Waals surface area (Å²) in [6, 6.07) is -2.31. The van der Waals surface area contributed by atoms with Crippen molar-refractivity contribution in [2.24, 2.45) is 28.1 Å². The second-order valence-electron chi connectivity index (χ2n) is 8.98.